The Labute approximate surface area is 162 Å². The van der Waals surface area contributed by atoms with Gasteiger partial charge in [0.15, 0.2) is 6.61 Å². The van der Waals surface area contributed by atoms with Crippen LogP contribution >= 0.6 is 0 Å². The number of nitrogens with one attached hydrogen (secondary N) is 1. The molecule has 0 saturated carbocycles. The molecule has 1 N–H and O–H groups in total. The molecule has 2 rings (SSSR count). The highest BCUT2D eigenvalue weighted by atomic mass is 16.5. The molecule has 0 radical (unpaired) electrons. The van der Waals surface area contributed by atoms with Gasteiger partial charge in [-0.25, -0.2) is 9.59 Å². The summed E-state index contributed by atoms with van der Waals surface area (Å²) in [5.74, 6) is 0.139. The van der Waals surface area contributed by atoms with Crippen molar-refractivity contribution in [2.45, 2.75) is 26.8 Å². The molecule has 0 fully saturated rings. The number of esters is 1. The summed E-state index contributed by atoms with van der Waals surface area (Å²) in [6.45, 7) is 4.38. The Hall–Kier alpha value is -3.29. The average molecular weight is 389 g/mol. The van der Waals surface area contributed by atoms with Crippen LogP contribution in [0.4, 0.5) is 0 Å². The number of ether oxygens (including phenoxy) is 3. The molecule has 28 heavy (non-hydrogen) atoms. The van der Waals surface area contributed by atoms with E-state index in [2.05, 4.69) is 5.32 Å². The van der Waals surface area contributed by atoms with Crippen molar-refractivity contribution in [3.05, 3.63) is 57.1 Å². The van der Waals surface area contributed by atoms with E-state index in [1.165, 1.54) is 20.1 Å². The third-order valence-electron chi connectivity index (χ3n) is 4.15. The molecule has 1 aromatic heterocycles. The fraction of sp³-hybridized carbons (Fsp3) is 0.350. The van der Waals surface area contributed by atoms with E-state index in [4.69, 9.17) is 18.6 Å². The number of amides is 1. The Bertz CT molecular complexity index is 906. The maximum atomic E-state index is 12.2. The van der Waals surface area contributed by atoms with Gasteiger partial charge in [-0.15, -0.1) is 0 Å². The number of aryl methyl sites for hydroxylation is 2. The number of carbonyl (C=O) groups is 2. The van der Waals surface area contributed by atoms with Crippen molar-refractivity contribution in [2.24, 2.45) is 0 Å². The minimum absolute atomic E-state index is 0.134. The minimum Gasteiger partial charge on any atom is -0.497 e. The zero-order valence-corrected chi connectivity index (χ0v) is 16.5. The van der Waals surface area contributed by atoms with Crippen LogP contribution in [0, 0.1) is 13.8 Å². The van der Waals surface area contributed by atoms with Crippen molar-refractivity contribution < 1.29 is 28.2 Å². The average Bonchev–Trinajstić information content (AvgIpc) is 2.64. The van der Waals surface area contributed by atoms with Crippen molar-refractivity contribution in [1.82, 2.24) is 5.32 Å². The molecule has 1 aromatic carbocycles. The summed E-state index contributed by atoms with van der Waals surface area (Å²) in [6, 6.07) is 6.04. The first-order valence-electron chi connectivity index (χ1n) is 8.56. The lowest BCUT2D eigenvalue weighted by Crippen LogP contribution is -2.31. The van der Waals surface area contributed by atoms with Crippen LogP contribution in [-0.4, -0.2) is 32.7 Å². The second kappa shape index (κ2) is 9.07. The number of rotatable bonds is 7. The Balaban J connectivity index is 2.03. The summed E-state index contributed by atoms with van der Waals surface area (Å²) in [6.07, 6.45) is 0. The van der Waals surface area contributed by atoms with Crippen LogP contribution in [0.3, 0.4) is 0 Å². The molecular formula is C20H23NO7. The normalized spacial score (nSPS) is 11.5. The van der Waals surface area contributed by atoms with E-state index in [1.54, 1.807) is 39.2 Å². The highest BCUT2D eigenvalue weighted by molar-refractivity contribution is 5.93. The van der Waals surface area contributed by atoms with Crippen LogP contribution < -0.4 is 20.4 Å². The van der Waals surface area contributed by atoms with Crippen LogP contribution in [0.15, 0.2) is 33.5 Å². The second-order valence-corrected chi connectivity index (χ2v) is 6.15. The van der Waals surface area contributed by atoms with Crippen molar-refractivity contribution in [1.29, 1.82) is 0 Å². The van der Waals surface area contributed by atoms with Crippen molar-refractivity contribution >= 4 is 11.9 Å². The molecule has 150 valence electrons. The summed E-state index contributed by atoms with van der Waals surface area (Å²) in [4.78, 5) is 35.8. The second-order valence-electron chi connectivity index (χ2n) is 6.15. The number of hydrogen-bond acceptors (Lipinski definition) is 7. The number of benzene rings is 1. The van der Waals surface area contributed by atoms with E-state index in [0.717, 1.165) is 5.56 Å². The highest BCUT2D eigenvalue weighted by Crippen LogP contribution is 2.29. The third kappa shape index (κ3) is 4.91. The van der Waals surface area contributed by atoms with Crippen LogP contribution in [-0.2, 0) is 9.53 Å². The van der Waals surface area contributed by atoms with Crippen molar-refractivity contribution in [3.63, 3.8) is 0 Å². The SMILES string of the molecule is COc1ccc(OC)c([C@@H](C)NC(=O)COC(=O)c2c(C)cc(=O)oc2C)c1. The summed E-state index contributed by atoms with van der Waals surface area (Å²) >= 11 is 0. The molecular weight excluding hydrogens is 366 g/mol. The van der Waals surface area contributed by atoms with Gasteiger partial charge >= 0.3 is 11.6 Å². The zero-order chi connectivity index (χ0) is 20.8. The predicted molar refractivity (Wildman–Crippen MR) is 101 cm³/mol. The zero-order valence-electron chi connectivity index (χ0n) is 16.5. The lowest BCUT2D eigenvalue weighted by molar-refractivity contribution is -0.124. The van der Waals surface area contributed by atoms with Gasteiger partial charge in [0.25, 0.3) is 5.91 Å². The maximum absolute atomic E-state index is 12.2. The van der Waals surface area contributed by atoms with Crippen LogP contribution in [0.1, 0.15) is 40.2 Å². The van der Waals surface area contributed by atoms with E-state index in [0.29, 0.717) is 17.1 Å². The van der Waals surface area contributed by atoms with Gasteiger partial charge in [-0.1, -0.05) is 0 Å². The van der Waals surface area contributed by atoms with Crippen LogP contribution in [0.5, 0.6) is 11.5 Å². The standard InChI is InChI=1S/C20H23NO7/c1-11-8-18(23)28-13(3)19(11)20(24)27-10-17(22)21-12(2)15-9-14(25-4)6-7-16(15)26-5/h6-9,12H,10H2,1-5H3,(H,21,22)/t12-/m1/s1. The molecule has 0 bridgehead atoms. The summed E-state index contributed by atoms with van der Waals surface area (Å²) < 4.78 is 20.5. The minimum atomic E-state index is -0.736. The molecule has 1 amide bonds. The van der Waals surface area contributed by atoms with E-state index < -0.39 is 30.2 Å². The molecule has 0 saturated heterocycles. The smallest absolute Gasteiger partial charge is 0.342 e. The van der Waals surface area contributed by atoms with Gasteiger partial charge in [-0.2, -0.15) is 0 Å². The van der Waals surface area contributed by atoms with Gasteiger partial charge < -0.3 is 23.9 Å². The number of methoxy groups -OCH3 is 2. The highest BCUT2D eigenvalue weighted by Gasteiger charge is 2.20. The van der Waals surface area contributed by atoms with E-state index in [1.807, 2.05) is 0 Å². The Kier molecular flexibility index (Phi) is 6.81. The van der Waals surface area contributed by atoms with Gasteiger partial charge in [0, 0.05) is 11.6 Å². The maximum Gasteiger partial charge on any atom is 0.342 e. The Morgan fingerprint density at radius 2 is 1.86 bits per heavy atom. The predicted octanol–water partition coefficient (Wildman–Crippen LogP) is 2.31. The number of hydrogen-bond donors (Lipinski definition) is 1. The molecule has 0 spiro atoms. The van der Waals surface area contributed by atoms with Crippen LogP contribution in [0.2, 0.25) is 0 Å². The molecule has 0 unspecified atom stereocenters. The molecule has 8 nitrogen and oxygen atoms in total. The first kappa shape index (κ1) is 21.0. The lowest BCUT2D eigenvalue weighted by atomic mass is 10.1. The molecule has 0 aliphatic heterocycles. The van der Waals surface area contributed by atoms with Gasteiger partial charge in [0.2, 0.25) is 0 Å². The van der Waals surface area contributed by atoms with Gasteiger partial charge in [0.05, 0.1) is 20.3 Å². The van der Waals surface area contributed by atoms with E-state index in [-0.39, 0.29) is 11.3 Å². The summed E-state index contributed by atoms with van der Waals surface area (Å²) in [5, 5.41) is 2.74. The van der Waals surface area contributed by atoms with Gasteiger partial charge in [-0.05, 0) is 44.5 Å². The molecule has 2 aromatic rings. The van der Waals surface area contributed by atoms with E-state index in [9.17, 15) is 14.4 Å². The van der Waals surface area contributed by atoms with Crippen molar-refractivity contribution in [2.75, 3.05) is 20.8 Å². The largest absolute Gasteiger partial charge is 0.497 e. The quantitative estimate of drug-likeness (QED) is 0.725. The van der Waals surface area contributed by atoms with Crippen molar-refractivity contribution in [3.8, 4) is 11.5 Å². The number of carbonyl (C=O) groups excluding carboxylic acids is 2. The molecule has 1 heterocycles. The molecule has 1 atom stereocenters. The lowest BCUT2D eigenvalue weighted by Gasteiger charge is -2.18. The van der Waals surface area contributed by atoms with E-state index >= 15 is 0 Å². The summed E-state index contributed by atoms with van der Waals surface area (Å²) in [5.41, 5.74) is 0.729. The first-order valence-corrected chi connectivity index (χ1v) is 8.56. The fourth-order valence-corrected chi connectivity index (χ4v) is 2.80. The van der Waals surface area contributed by atoms with Gasteiger partial charge in [0.1, 0.15) is 22.8 Å². The topological polar surface area (TPSA) is 104 Å². The molecule has 8 heteroatoms. The monoisotopic (exact) mass is 389 g/mol. The molecule has 0 aliphatic carbocycles. The van der Waals surface area contributed by atoms with Gasteiger partial charge in [-0.3, -0.25) is 4.79 Å². The Morgan fingerprint density at radius 3 is 2.46 bits per heavy atom. The first-order chi connectivity index (χ1) is 13.3. The molecule has 0 aliphatic rings. The summed E-state index contributed by atoms with van der Waals surface area (Å²) in [7, 11) is 3.08. The third-order valence-corrected chi connectivity index (χ3v) is 4.15. The van der Waals surface area contributed by atoms with Crippen LogP contribution in [0.25, 0.3) is 0 Å². The Morgan fingerprint density at radius 1 is 1.14 bits per heavy atom. The fourth-order valence-electron chi connectivity index (χ4n) is 2.80.